The Hall–Kier alpha value is -2.91. The minimum absolute atomic E-state index is 0.00720. The molecule has 0 amide bonds. The van der Waals surface area contributed by atoms with Gasteiger partial charge in [-0.05, 0) is 72.9 Å². The highest BCUT2D eigenvalue weighted by atomic mass is 19.4. The van der Waals surface area contributed by atoms with Crippen LogP contribution in [0.5, 0.6) is 5.75 Å². The van der Waals surface area contributed by atoms with Gasteiger partial charge in [-0.3, -0.25) is 4.79 Å². The molecule has 10 heteroatoms. The van der Waals surface area contributed by atoms with Crippen molar-refractivity contribution < 1.29 is 40.6 Å². The summed E-state index contributed by atoms with van der Waals surface area (Å²) in [5.74, 6) is 0.546. The van der Waals surface area contributed by atoms with Gasteiger partial charge < -0.3 is 14.4 Å². The summed E-state index contributed by atoms with van der Waals surface area (Å²) in [6, 6.07) is 7.64. The maximum atomic E-state index is 13.7. The van der Waals surface area contributed by atoms with Crippen LogP contribution in [0.1, 0.15) is 67.2 Å². The summed E-state index contributed by atoms with van der Waals surface area (Å²) < 4.78 is 92.5. The van der Waals surface area contributed by atoms with Gasteiger partial charge in [0.15, 0.2) is 0 Å². The normalized spacial score (nSPS) is 20.7. The Kier molecular flexibility index (Phi) is 7.04. The minimum Gasteiger partial charge on any atom is -0.487 e. The van der Waals surface area contributed by atoms with Crippen LogP contribution in [0.2, 0.25) is 0 Å². The molecule has 0 aromatic heterocycles. The lowest BCUT2D eigenvalue weighted by Gasteiger charge is -2.46. The fraction of sp³-hybridized carbons (Fsp3) is 0.552. The first-order valence-electron chi connectivity index (χ1n) is 13.2. The molecule has 1 aliphatic carbocycles. The number of carbonyl (C=O) groups excluding carboxylic acids is 1. The van der Waals surface area contributed by atoms with E-state index < -0.39 is 34.8 Å². The lowest BCUT2D eigenvalue weighted by atomic mass is 9.80. The third-order valence-electron chi connectivity index (χ3n) is 8.54. The Labute approximate surface area is 223 Å². The first-order valence-corrected chi connectivity index (χ1v) is 13.2. The molecule has 2 atom stereocenters. The molecule has 4 nitrogen and oxygen atoms in total. The van der Waals surface area contributed by atoms with E-state index >= 15 is 0 Å². The average molecular weight is 556 g/mol. The van der Waals surface area contributed by atoms with Crippen molar-refractivity contribution >= 4 is 11.7 Å². The molecule has 1 saturated carbocycles. The molecule has 2 heterocycles. The molecule has 2 aliphatic heterocycles. The van der Waals surface area contributed by atoms with Gasteiger partial charge in [0.25, 0.3) is 0 Å². The van der Waals surface area contributed by atoms with Crippen molar-refractivity contribution in [3.63, 3.8) is 0 Å². The zero-order valence-electron chi connectivity index (χ0n) is 21.8. The summed E-state index contributed by atoms with van der Waals surface area (Å²) in [5.41, 5.74) is -1.20. The number of piperidine rings is 1. The van der Waals surface area contributed by atoms with Gasteiger partial charge >= 0.3 is 18.3 Å². The SMILES string of the molecule is COC(=O)C(C)C(c1ccc2c(c1)OC1(CC2)CCN(c2cc(C(F)(F)F)ccc2C(F)(F)F)CC1)C1CC1. The van der Waals surface area contributed by atoms with Crippen molar-refractivity contribution in [1.82, 2.24) is 0 Å². The number of aryl methyl sites for hydroxylation is 1. The van der Waals surface area contributed by atoms with E-state index in [1.165, 1.54) is 12.0 Å². The monoisotopic (exact) mass is 555 g/mol. The largest absolute Gasteiger partial charge is 0.487 e. The second-order valence-corrected chi connectivity index (χ2v) is 11.0. The highest BCUT2D eigenvalue weighted by Crippen LogP contribution is 2.49. The molecular weight excluding hydrogens is 524 g/mol. The first kappa shape index (κ1) is 27.6. The van der Waals surface area contributed by atoms with Crippen LogP contribution >= 0.6 is 0 Å². The van der Waals surface area contributed by atoms with E-state index in [9.17, 15) is 31.1 Å². The molecule has 39 heavy (non-hydrogen) atoms. The van der Waals surface area contributed by atoms with Crippen LogP contribution in [0.25, 0.3) is 0 Å². The van der Waals surface area contributed by atoms with Crippen molar-refractivity contribution in [1.29, 1.82) is 0 Å². The van der Waals surface area contributed by atoms with Crippen LogP contribution in [0, 0.1) is 11.8 Å². The summed E-state index contributed by atoms with van der Waals surface area (Å²) in [6.07, 6.45) is -5.26. The second kappa shape index (κ2) is 9.93. The zero-order chi connectivity index (χ0) is 28.2. The van der Waals surface area contributed by atoms with Crippen LogP contribution in [-0.2, 0) is 28.3 Å². The molecule has 2 aromatic carbocycles. The molecule has 2 unspecified atom stereocenters. The number of benzene rings is 2. The van der Waals surface area contributed by atoms with Gasteiger partial charge in [0, 0.05) is 31.6 Å². The van der Waals surface area contributed by atoms with E-state index in [-0.39, 0.29) is 30.9 Å². The van der Waals surface area contributed by atoms with Crippen LogP contribution in [0.15, 0.2) is 36.4 Å². The number of halogens is 6. The van der Waals surface area contributed by atoms with Crippen molar-refractivity contribution in [2.24, 2.45) is 11.8 Å². The fourth-order valence-electron chi connectivity index (χ4n) is 6.20. The first-order chi connectivity index (χ1) is 18.3. The summed E-state index contributed by atoms with van der Waals surface area (Å²) in [7, 11) is 1.38. The number of carbonyl (C=O) groups is 1. The molecule has 0 radical (unpaired) electrons. The molecular formula is C29H31F6NO3. The molecule has 3 aliphatic rings. The van der Waals surface area contributed by atoms with E-state index in [2.05, 4.69) is 0 Å². The lowest BCUT2D eigenvalue weighted by molar-refractivity contribution is -0.146. The van der Waals surface area contributed by atoms with Crippen LogP contribution in [0.4, 0.5) is 32.0 Å². The number of nitrogens with zero attached hydrogens (tertiary/aromatic N) is 1. The number of ether oxygens (including phenoxy) is 2. The summed E-state index contributed by atoms with van der Waals surface area (Å²) in [6.45, 7) is 2.16. The predicted molar refractivity (Wildman–Crippen MR) is 133 cm³/mol. The van der Waals surface area contributed by atoms with Crippen molar-refractivity contribution in [3.8, 4) is 5.75 Å². The number of rotatable bonds is 5. The van der Waals surface area contributed by atoms with Gasteiger partial charge in [0.1, 0.15) is 11.4 Å². The van der Waals surface area contributed by atoms with E-state index in [0.29, 0.717) is 49.1 Å². The van der Waals surface area contributed by atoms with Gasteiger partial charge in [-0.1, -0.05) is 19.1 Å². The van der Waals surface area contributed by atoms with Gasteiger partial charge in [-0.25, -0.2) is 0 Å². The highest BCUT2D eigenvalue weighted by molar-refractivity contribution is 5.73. The Morgan fingerprint density at radius 2 is 1.69 bits per heavy atom. The summed E-state index contributed by atoms with van der Waals surface area (Å²) in [4.78, 5) is 13.7. The standard InChI is InChI=1S/C29H31F6NO3/c1-17(26(37)38-2)25(19-4-5-19)20-6-3-18-9-10-27(39-24(18)15-20)11-13-36(14-12-27)23-16-21(28(30,31)32)7-8-22(23)29(33,34)35/h3,6-8,15-17,19,25H,4-5,9-14H2,1-2H3. The quantitative estimate of drug-likeness (QED) is 0.285. The number of anilines is 1. The molecule has 0 bridgehead atoms. The molecule has 5 rings (SSSR count). The topological polar surface area (TPSA) is 38.8 Å². The van der Waals surface area contributed by atoms with Crippen molar-refractivity contribution in [3.05, 3.63) is 58.7 Å². The maximum Gasteiger partial charge on any atom is 0.418 e. The lowest BCUT2D eigenvalue weighted by Crippen LogP contribution is -2.50. The van der Waals surface area contributed by atoms with Gasteiger partial charge in [0.2, 0.25) is 0 Å². The summed E-state index contributed by atoms with van der Waals surface area (Å²) >= 11 is 0. The van der Waals surface area contributed by atoms with E-state index in [0.717, 1.165) is 30.4 Å². The predicted octanol–water partition coefficient (Wildman–Crippen LogP) is 7.39. The number of fused-ring (bicyclic) bond motifs is 1. The smallest absolute Gasteiger partial charge is 0.418 e. The van der Waals surface area contributed by atoms with E-state index in [1.54, 1.807) is 0 Å². The average Bonchev–Trinajstić information content (AvgIpc) is 3.72. The van der Waals surface area contributed by atoms with Crippen LogP contribution in [0.3, 0.4) is 0 Å². The molecule has 212 valence electrons. The Morgan fingerprint density at radius 3 is 2.28 bits per heavy atom. The van der Waals surface area contributed by atoms with Crippen molar-refractivity contribution in [2.75, 3.05) is 25.1 Å². The molecule has 0 N–H and O–H groups in total. The third-order valence-corrected chi connectivity index (χ3v) is 8.54. The summed E-state index contributed by atoms with van der Waals surface area (Å²) in [5, 5.41) is 0. The van der Waals surface area contributed by atoms with Crippen molar-refractivity contribution in [2.45, 2.75) is 69.3 Å². The number of hydrogen-bond donors (Lipinski definition) is 0. The minimum atomic E-state index is -4.77. The van der Waals surface area contributed by atoms with Gasteiger partial charge in [-0.15, -0.1) is 0 Å². The van der Waals surface area contributed by atoms with Gasteiger partial charge in [-0.2, -0.15) is 26.3 Å². The highest BCUT2D eigenvalue weighted by Gasteiger charge is 2.44. The Bertz CT molecular complexity index is 1230. The zero-order valence-corrected chi connectivity index (χ0v) is 21.8. The number of alkyl halides is 6. The number of esters is 1. The number of hydrogen-bond acceptors (Lipinski definition) is 4. The molecule has 1 spiro atoms. The Balaban J connectivity index is 1.36. The Morgan fingerprint density at radius 1 is 1.00 bits per heavy atom. The van der Waals surface area contributed by atoms with E-state index in [4.69, 9.17) is 9.47 Å². The van der Waals surface area contributed by atoms with E-state index in [1.807, 2.05) is 25.1 Å². The maximum absolute atomic E-state index is 13.7. The van der Waals surface area contributed by atoms with Crippen LogP contribution in [-0.4, -0.2) is 31.8 Å². The fourth-order valence-corrected chi connectivity index (χ4v) is 6.20. The third kappa shape index (κ3) is 5.57. The molecule has 2 aromatic rings. The van der Waals surface area contributed by atoms with Crippen LogP contribution < -0.4 is 9.64 Å². The second-order valence-electron chi connectivity index (χ2n) is 11.0. The molecule has 1 saturated heterocycles. The van der Waals surface area contributed by atoms with Gasteiger partial charge in [0.05, 0.1) is 24.2 Å². The number of methoxy groups -OCH3 is 1. The molecule has 2 fully saturated rings.